The fourth-order valence-electron chi connectivity index (χ4n) is 3.19. The number of hydrogen-bond donors (Lipinski definition) is 1. The summed E-state index contributed by atoms with van der Waals surface area (Å²) in [6.45, 7) is 9.12. The molecule has 1 aliphatic heterocycles. The van der Waals surface area contributed by atoms with Crippen LogP contribution in [-0.2, 0) is 4.74 Å². The first-order chi connectivity index (χ1) is 11.2. The van der Waals surface area contributed by atoms with Gasteiger partial charge in [0.15, 0.2) is 0 Å². The number of nitriles is 1. The Morgan fingerprint density at radius 1 is 1.52 bits per heavy atom. The van der Waals surface area contributed by atoms with Gasteiger partial charge in [-0.3, -0.25) is 4.90 Å². The fourth-order valence-corrected chi connectivity index (χ4v) is 3.19. The van der Waals surface area contributed by atoms with E-state index in [1.807, 2.05) is 26.0 Å². The molecule has 7 heteroatoms. The van der Waals surface area contributed by atoms with Crippen LogP contribution < -0.4 is 0 Å². The zero-order chi connectivity index (χ0) is 18.5. The van der Waals surface area contributed by atoms with Crippen molar-refractivity contribution in [3.8, 4) is 6.07 Å². The third-order valence-corrected chi connectivity index (χ3v) is 4.15. The molecule has 1 radical (unpaired) electrons. The van der Waals surface area contributed by atoms with Crippen molar-refractivity contribution in [1.82, 2.24) is 4.90 Å². The number of hydrogen-bond acceptors (Lipinski definition) is 4. The van der Waals surface area contributed by atoms with Crippen molar-refractivity contribution in [3.05, 3.63) is 17.9 Å². The summed E-state index contributed by atoms with van der Waals surface area (Å²) >= 11 is 0. The van der Waals surface area contributed by atoms with Gasteiger partial charge in [0.1, 0.15) is 11.6 Å². The Morgan fingerprint density at radius 2 is 2.12 bits per heavy atom. The summed E-state index contributed by atoms with van der Waals surface area (Å²) in [7, 11) is 0. The fraction of sp³-hybridized carbons (Fsp3) is 0.778. The van der Waals surface area contributed by atoms with Gasteiger partial charge in [-0.15, -0.1) is 0 Å². The Hall–Kier alpha value is -0.138. The van der Waals surface area contributed by atoms with Crippen molar-refractivity contribution >= 4 is 6.09 Å². The van der Waals surface area contributed by atoms with Gasteiger partial charge in [0.25, 0.3) is 0 Å². The molecule has 0 aromatic carbocycles. The van der Waals surface area contributed by atoms with Gasteiger partial charge < -0.3 is 15.6 Å². The normalized spacial score (nSPS) is 26.0. The molecule has 25 heavy (non-hydrogen) atoms. The third kappa shape index (κ3) is 6.83. The molecule has 6 nitrogen and oxygen atoms in total. The molecule has 139 valence electrons. The second-order valence-corrected chi connectivity index (χ2v) is 7.33. The number of likely N-dealkylation sites (tertiary alicyclic amines) is 1. The molecule has 1 amide bonds. The number of nitrogens with one attached hydrogen (secondary N) is 1. The standard InChI is InChI=1S/C18H30N3O3.Ac/c1-6-8-12-10-13(11-19)21(17(23)24-18(3,4)5)16(12)15(20)14(22)9-7-2;/h6,8,12-16,20,22H,7,9-10H2,1-5H3;/q-1;/b8-6-;/t12-,13-,14?,15+,16-;/m1./s1. The first-order valence-electron chi connectivity index (χ1n) is 8.59. The van der Waals surface area contributed by atoms with E-state index in [2.05, 4.69) is 6.07 Å². The predicted molar refractivity (Wildman–Crippen MR) is 93.2 cm³/mol. The van der Waals surface area contributed by atoms with E-state index >= 15 is 0 Å². The number of rotatable bonds is 5. The van der Waals surface area contributed by atoms with Crippen LogP contribution in [0.5, 0.6) is 0 Å². The molecule has 0 saturated carbocycles. The van der Waals surface area contributed by atoms with E-state index in [1.54, 1.807) is 20.8 Å². The molecule has 1 unspecified atom stereocenters. The van der Waals surface area contributed by atoms with Crippen LogP contribution in [0.4, 0.5) is 4.79 Å². The van der Waals surface area contributed by atoms with Crippen LogP contribution in [0, 0.1) is 61.3 Å². The maximum Gasteiger partial charge on any atom is 0.411 e. The molecule has 2 N–H and O–H groups in total. The van der Waals surface area contributed by atoms with E-state index in [9.17, 15) is 15.2 Å². The van der Waals surface area contributed by atoms with Crippen LogP contribution in [-0.4, -0.2) is 45.9 Å². The molecular weight excluding hydrogens is 533 g/mol. The van der Waals surface area contributed by atoms with Gasteiger partial charge in [0, 0.05) is 56.2 Å². The maximum absolute atomic E-state index is 12.6. The molecule has 0 spiro atoms. The number of ether oxygens (including phenoxy) is 1. The summed E-state index contributed by atoms with van der Waals surface area (Å²) in [6, 6.07) is 0.0603. The van der Waals surface area contributed by atoms with Crippen LogP contribution in [0.25, 0.3) is 5.73 Å². The molecule has 1 fully saturated rings. The molecule has 1 rings (SSSR count). The number of aliphatic hydroxyl groups is 1. The number of allylic oxidation sites excluding steroid dienone is 1. The SMILES string of the molecule is C/C=C\[C@@H]1C[C@H](C#N)N(C(=O)OC(C)(C)C)[C@H]1[C@@H]([NH-])C(O)CCC.[Ac]. The molecule has 0 aromatic heterocycles. The molecule has 5 atom stereocenters. The van der Waals surface area contributed by atoms with E-state index in [4.69, 9.17) is 10.5 Å². The van der Waals surface area contributed by atoms with Gasteiger partial charge in [-0.05, 0) is 46.5 Å². The summed E-state index contributed by atoms with van der Waals surface area (Å²) in [6.07, 6.45) is 4.06. The number of amides is 1. The van der Waals surface area contributed by atoms with Crippen molar-refractivity contribution in [2.75, 3.05) is 0 Å². The summed E-state index contributed by atoms with van der Waals surface area (Å²) in [5.74, 6) is -0.138. The van der Waals surface area contributed by atoms with Crippen molar-refractivity contribution in [2.45, 2.75) is 83.7 Å². The van der Waals surface area contributed by atoms with E-state index < -0.39 is 35.9 Å². The Kier molecular flexibility index (Phi) is 10.8. The molecule has 1 heterocycles. The number of carbonyl (C=O) groups is 1. The molecule has 0 bridgehead atoms. The van der Waals surface area contributed by atoms with E-state index in [1.165, 1.54) is 4.90 Å². The molecule has 1 aliphatic rings. The largest absolute Gasteiger partial charge is 0.671 e. The van der Waals surface area contributed by atoms with E-state index in [0.717, 1.165) is 6.42 Å². The van der Waals surface area contributed by atoms with Gasteiger partial charge in [-0.2, -0.15) is 5.26 Å². The van der Waals surface area contributed by atoms with Crippen LogP contribution in [0.1, 0.15) is 53.9 Å². The number of carbonyl (C=O) groups excluding carboxylic acids is 1. The maximum atomic E-state index is 12.6. The van der Waals surface area contributed by atoms with Gasteiger partial charge in [0.05, 0.1) is 6.07 Å². The first kappa shape index (κ1) is 24.9. The van der Waals surface area contributed by atoms with Crippen LogP contribution in [0.15, 0.2) is 12.2 Å². The van der Waals surface area contributed by atoms with Gasteiger partial charge >= 0.3 is 6.09 Å². The number of nitrogens with zero attached hydrogens (tertiary/aromatic N) is 2. The van der Waals surface area contributed by atoms with Crippen molar-refractivity contribution < 1.29 is 58.7 Å². The molecule has 1 saturated heterocycles. The average Bonchev–Trinajstić information content (AvgIpc) is 2.84. The van der Waals surface area contributed by atoms with E-state index in [-0.39, 0.29) is 50.0 Å². The average molecular weight is 563 g/mol. The second-order valence-electron chi connectivity index (χ2n) is 7.33. The zero-order valence-electron chi connectivity index (χ0n) is 15.9. The number of aliphatic hydroxyl groups excluding tert-OH is 1. The minimum atomic E-state index is -0.878. The summed E-state index contributed by atoms with van der Waals surface area (Å²) in [4.78, 5) is 14.0. The van der Waals surface area contributed by atoms with Crippen molar-refractivity contribution in [1.29, 1.82) is 5.26 Å². The quantitative estimate of drug-likeness (QED) is 0.517. The Bertz CT molecular complexity index is 499. The molecule has 0 aliphatic carbocycles. The summed E-state index contributed by atoms with van der Waals surface area (Å²) < 4.78 is 5.45. The molecular formula is C18H30AcN3O3-. The van der Waals surface area contributed by atoms with Crippen LogP contribution in [0.3, 0.4) is 0 Å². The first-order valence-corrected chi connectivity index (χ1v) is 8.59. The predicted octanol–water partition coefficient (Wildman–Crippen LogP) is 3.66. The smallest absolute Gasteiger partial charge is 0.411 e. The van der Waals surface area contributed by atoms with Gasteiger partial charge in [0.2, 0.25) is 0 Å². The molecule has 0 aromatic rings. The Morgan fingerprint density at radius 3 is 2.56 bits per heavy atom. The minimum Gasteiger partial charge on any atom is -0.671 e. The topological polar surface area (TPSA) is 97.4 Å². The minimum absolute atomic E-state index is 0. The third-order valence-electron chi connectivity index (χ3n) is 4.15. The summed E-state index contributed by atoms with van der Waals surface area (Å²) in [5, 5.41) is 19.7. The van der Waals surface area contributed by atoms with Gasteiger partial charge in [-0.25, -0.2) is 4.79 Å². The van der Waals surface area contributed by atoms with E-state index in [0.29, 0.717) is 12.8 Å². The van der Waals surface area contributed by atoms with Gasteiger partial charge in [-0.1, -0.05) is 31.5 Å². The Labute approximate surface area is 187 Å². The zero-order valence-corrected chi connectivity index (χ0v) is 20.6. The Balaban J connectivity index is 0.00000576. The second kappa shape index (κ2) is 10.9. The van der Waals surface area contributed by atoms with Crippen LogP contribution in [0.2, 0.25) is 0 Å². The van der Waals surface area contributed by atoms with Crippen molar-refractivity contribution in [3.63, 3.8) is 0 Å². The van der Waals surface area contributed by atoms with Crippen molar-refractivity contribution in [2.24, 2.45) is 5.92 Å². The van der Waals surface area contributed by atoms with Crippen LogP contribution >= 0.6 is 0 Å². The monoisotopic (exact) mass is 563 g/mol. The summed E-state index contributed by atoms with van der Waals surface area (Å²) in [5.41, 5.74) is 7.78.